The van der Waals surface area contributed by atoms with Crippen LogP contribution in [0.25, 0.3) is 0 Å². The lowest BCUT2D eigenvalue weighted by atomic mass is 10.4. The van der Waals surface area contributed by atoms with Gasteiger partial charge in [0.2, 0.25) is 0 Å². The van der Waals surface area contributed by atoms with Crippen LogP contribution in [0.4, 0.5) is 0 Å². The maximum absolute atomic E-state index is 2.29. The second kappa shape index (κ2) is 6.41. The minimum atomic E-state index is 0.819. The van der Waals surface area contributed by atoms with E-state index in [2.05, 4.69) is 27.7 Å². The molecule has 0 rings (SSSR count). The van der Waals surface area contributed by atoms with Crippen molar-refractivity contribution in [3.8, 4) is 0 Å². The van der Waals surface area contributed by atoms with Gasteiger partial charge in [0, 0.05) is 10.5 Å². The van der Waals surface area contributed by atoms with Crippen LogP contribution in [0, 0.1) is 0 Å². The van der Waals surface area contributed by atoms with Crippen molar-refractivity contribution in [1.29, 1.82) is 0 Å². The Labute approximate surface area is 72.9 Å². The lowest BCUT2D eigenvalue weighted by Gasteiger charge is -2.10. The maximum atomic E-state index is 2.29. The summed E-state index contributed by atoms with van der Waals surface area (Å²) < 4.78 is 0. The summed E-state index contributed by atoms with van der Waals surface area (Å²) in [5, 5.41) is 1.64. The Morgan fingerprint density at radius 2 is 1.20 bits per heavy atom. The molecule has 0 aromatic carbocycles. The van der Waals surface area contributed by atoms with Crippen LogP contribution in [-0.4, -0.2) is 10.5 Å². The molecule has 0 aromatic heterocycles. The van der Waals surface area contributed by atoms with E-state index in [1.165, 1.54) is 12.8 Å². The number of rotatable bonds is 5. The molecule has 0 aliphatic carbocycles. The Kier molecular flexibility index (Phi) is 6.86. The summed E-state index contributed by atoms with van der Waals surface area (Å²) in [6.07, 6.45) is 2.57. The van der Waals surface area contributed by atoms with Crippen molar-refractivity contribution in [2.24, 2.45) is 0 Å². The smallest absolute Gasteiger partial charge is 0.0120 e. The van der Waals surface area contributed by atoms with E-state index in [4.69, 9.17) is 0 Å². The van der Waals surface area contributed by atoms with E-state index in [-0.39, 0.29) is 0 Å². The largest absolute Gasteiger partial charge is 0.0908 e. The van der Waals surface area contributed by atoms with Gasteiger partial charge in [-0.1, -0.05) is 49.3 Å². The molecule has 10 heavy (non-hydrogen) atoms. The van der Waals surface area contributed by atoms with Crippen LogP contribution in [0.2, 0.25) is 0 Å². The third-order valence-corrected chi connectivity index (χ3v) is 5.27. The zero-order valence-corrected chi connectivity index (χ0v) is 9.02. The fourth-order valence-corrected chi connectivity index (χ4v) is 2.93. The van der Waals surface area contributed by atoms with Gasteiger partial charge in [-0.3, -0.25) is 0 Å². The van der Waals surface area contributed by atoms with Gasteiger partial charge in [-0.2, -0.15) is 0 Å². The van der Waals surface area contributed by atoms with E-state index in [0.29, 0.717) is 0 Å². The molecule has 0 aliphatic heterocycles. The van der Waals surface area contributed by atoms with Gasteiger partial charge in [-0.05, 0) is 12.8 Å². The van der Waals surface area contributed by atoms with Gasteiger partial charge in [-0.25, -0.2) is 0 Å². The average Bonchev–Trinajstić information content (AvgIpc) is 1.99. The Balaban J connectivity index is 3.17. The van der Waals surface area contributed by atoms with Crippen LogP contribution in [0.15, 0.2) is 0 Å². The molecule has 0 saturated heterocycles. The molecule has 0 aromatic rings. The highest BCUT2D eigenvalue weighted by Gasteiger charge is 2.03. The van der Waals surface area contributed by atoms with Crippen molar-refractivity contribution in [2.45, 2.75) is 51.0 Å². The van der Waals surface area contributed by atoms with E-state index in [9.17, 15) is 0 Å². The van der Waals surface area contributed by atoms with Crippen LogP contribution in [0.5, 0.6) is 0 Å². The van der Waals surface area contributed by atoms with Crippen molar-refractivity contribution in [2.75, 3.05) is 0 Å². The molecule has 2 heteroatoms. The molecule has 0 N–H and O–H groups in total. The predicted molar refractivity (Wildman–Crippen MR) is 54.7 cm³/mol. The van der Waals surface area contributed by atoms with Crippen LogP contribution >= 0.6 is 21.6 Å². The first kappa shape index (κ1) is 10.7. The van der Waals surface area contributed by atoms with Gasteiger partial charge >= 0.3 is 0 Å². The molecular formula is C8H18S2. The second-order valence-electron chi connectivity index (χ2n) is 2.63. The van der Waals surface area contributed by atoms with Gasteiger partial charge in [0.25, 0.3) is 0 Å². The standard InChI is InChI=1S/C8H18S2/c1-5-7(3)9-10-8(4)6-2/h7-8H,5-6H2,1-4H3. The van der Waals surface area contributed by atoms with Crippen molar-refractivity contribution in [3.63, 3.8) is 0 Å². The molecule has 0 bridgehead atoms. The van der Waals surface area contributed by atoms with E-state index < -0.39 is 0 Å². The number of hydrogen-bond acceptors (Lipinski definition) is 2. The Hall–Kier alpha value is 0.700. The van der Waals surface area contributed by atoms with Crippen LogP contribution in [0.3, 0.4) is 0 Å². The SMILES string of the molecule is CCC(C)SSC(C)CC. The van der Waals surface area contributed by atoms with Gasteiger partial charge in [0.1, 0.15) is 0 Å². The summed E-state index contributed by atoms with van der Waals surface area (Å²) in [6, 6.07) is 0. The fourth-order valence-electron chi connectivity index (χ4n) is 0.326. The molecule has 0 aliphatic rings. The first-order valence-electron chi connectivity index (χ1n) is 4.02. The minimum absolute atomic E-state index is 0.819. The highest BCUT2D eigenvalue weighted by molar-refractivity contribution is 8.77. The van der Waals surface area contributed by atoms with Crippen LogP contribution in [0.1, 0.15) is 40.5 Å². The molecule has 0 fully saturated rings. The fraction of sp³-hybridized carbons (Fsp3) is 1.00. The summed E-state index contributed by atoms with van der Waals surface area (Å²) >= 11 is 0. The monoisotopic (exact) mass is 178 g/mol. The molecular weight excluding hydrogens is 160 g/mol. The summed E-state index contributed by atoms with van der Waals surface area (Å²) in [7, 11) is 4.05. The average molecular weight is 178 g/mol. The summed E-state index contributed by atoms with van der Waals surface area (Å²) in [6.45, 7) is 9.07. The molecule has 0 nitrogen and oxygen atoms in total. The van der Waals surface area contributed by atoms with Crippen molar-refractivity contribution in [3.05, 3.63) is 0 Å². The molecule has 2 unspecified atom stereocenters. The highest BCUT2D eigenvalue weighted by atomic mass is 33.1. The lowest BCUT2D eigenvalue weighted by Crippen LogP contribution is -1.94. The Bertz CT molecular complexity index is 63.7. The Morgan fingerprint density at radius 3 is 1.40 bits per heavy atom. The first-order chi connectivity index (χ1) is 4.70. The number of hydrogen-bond donors (Lipinski definition) is 0. The summed E-state index contributed by atoms with van der Waals surface area (Å²) in [5.74, 6) is 0. The van der Waals surface area contributed by atoms with Gasteiger partial charge < -0.3 is 0 Å². The normalized spacial score (nSPS) is 16.8. The van der Waals surface area contributed by atoms with E-state index in [1.54, 1.807) is 0 Å². The molecule has 0 heterocycles. The molecule has 0 amide bonds. The summed E-state index contributed by atoms with van der Waals surface area (Å²) in [4.78, 5) is 0. The molecule has 0 spiro atoms. The molecule has 62 valence electrons. The predicted octanol–water partition coefficient (Wildman–Crippen LogP) is 3.96. The zero-order chi connectivity index (χ0) is 7.98. The maximum Gasteiger partial charge on any atom is 0.0120 e. The molecule has 0 radical (unpaired) electrons. The molecule has 2 atom stereocenters. The Morgan fingerprint density at radius 1 is 0.900 bits per heavy atom. The summed E-state index contributed by atoms with van der Waals surface area (Å²) in [5.41, 5.74) is 0. The van der Waals surface area contributed by atoms with Crippen molar-refractivity contribution in [1.82, 2.24) is 0 Å². The van der Waals surface area contributed by atoms with Crippen LogP contribution < -0.4 is 0 Å². The zero-order valence-electron chi connectivity index (χ0n) is 7.39. The van der Waals surface area contributed by atoms with Gasteiger partial charge in [-0.15, -0.1) is 0 Å². The third-order valence-electron chi connectivity index (χ3n) is 1.53. The molecule has 0 saturated carbocycles. The lowest BCUT2D eigenvalue weighted by molar-refractivity contribution is 0.904. The van der Waals surface area contributed by atoms with Gasteiger partial charge in [0.15, 0.2) is 0 Å². The topological polar surface area (TPSA) is 0 Å². The minimum Gasteiger partial charge on any atom is -0.0908 e. The van der Waals surface area contributed by atoms with E-state index in [1.807, 2.05) is 21.6 Å². The van der Waals surface area contributed by atoms with Crippen molar-refractivity contribution >= 4 is 21.6 Å². The van der Waals surface area contributed by atoms with Crippen molar-refractivity contribution < 1.29 is 0 Å². The highest BCUT2D eigenvalue weighted by Crippen LogP contribution is 2.33. The van der Waals surface area contributed by atoms with Crippen LogP contribution in [-0.2, 0) is 0 Å². The quantitative estimate of drug-likeness (QED) is 0.584. The first-order valence-corrected chi connectivity index (χ1v) is 6.30. The van der Waals surface area contributed by atoms with E-state index >= 15 is 0 Å². The second-order valence-corrected chi connectivity index (χ2v) is 5.78. The van der Waals surface area contributed by atoms with E-state index in [0.717, 1.165) is 10.5 Å². The van der Waals surface area contributed by atoms with Gasteiger partial charge in [0.05, 0.1) is 0 Å². The third kappa shape index (κ3) is 5.48.